The fourth-order valence-electron chi connectivity index (χ4n) is 1.85. The van der Waals surface area contributed by atoms with Gasteiger partial charge < -0.3 is 30.9 Å². The molecule has 84 valence electrons. The first-order valence-electron chi connectivity index (χ1n) is 4.48. The first kappa shape index (κ1) is 11.8. The average molecular weight is 207 g/mol. The van der Waals surface area contributed by atoms with Crippen LogP contribution in [-0.4, -0.2) is 64.6 Å². The minimum Gasteiger partial charge on any atom is -0.396 e. The molecule has 0 aromatic rings. The quantitative estimate of drug-likeness (QED) is 0.330. The number of aliphatic hydroxyl groups excluding tert-OH is 4. The molecule has 0 spiro atoms. The van der Waals surface area contributed by atoms with Crippen molar-refractivity contribution in [2.45, 2.75) is 30.5 Å². The molecule has 6 atom stereocenters. The molecule has 0 amide bonds. The van der Waals surface area contributed by atoms with Gasteiger partial charge in [0.25, 0.3) is 0 Å². The van der Waals surface area contributed by atoms with Gasteiger partial charge in [0.15, 0.2) is 0 Å². The molecule has 0 saturated heterocycles. The fourth-order valence-corrected chi connectivity index (χ4v) is 1.85. The number of hydrogen-bond acceptors (Lipinski definition) is 6. The minimum atomic E-state index is -1.13. The zero-order chi connectivity index (χ0) is 10.9. The molecule has 1 aliphatic carbocycles. The minimum absolute atomic E-state index is 0.400. The lowest BCUT2D eigenvalue weighted by Gasteiger charge is -2.43. The molecule has 0 bridgehead atoms. The second kappa shape index (κ2) is 4.52. The van der Waals surface area contributed by atoms with E-state index >= 15 is 0 Å². The van der Waals surface area contributed by atoms with E-state index in [1.54, 1.807) is 0 Å². The maximum absolute atomic E-state index is 9.63. The molecule has 1 rings (SSSR count). The van der Waals surface area contributed by atoms with Crippen molar-refractivity contribution < 1.29 is 25.2 Å². The third-order valence-electron chi connectivity index (χ3n) is 2.82. The first-order valence-corrected chi connectivity index (χ1v) is 4.48. The van der Waals surface area contributed by atoms with E-state index in [0.717, 1.165) is 0 Å². The van der Waals surface area contributed by atoms with Crippen molar-refractivity contribution >= 4 is 0 Å². The lowest BCUT2D eigenvalue weighted by atomic mass is 9.78. The zero-order valence-electron chi connectivity index (χ0n) is 7.95. The average Bonchev–Trinajstić information content (AvgIpc) is 2.16. The lowest BCUT2D eigenvalue weighted by molar-refractivity contribution is -0.177. The van der Waals surface area contributed by atoms with Crippen LogP contribution in [0.25, 0.3) is 0 Å². The summed E-state index contributed by atoms with van der Waals surface area (Å²) in [5, 5.41) is 37.6. The first-order chi connectivity index (χ1) is 6.54. The van der Waals surface area contributed by atoms with Crippen molar-refractivity contribution in [3.05, 3.63) is 0 Å². The van der Waals surface area contributed by atoms with Gasteiger partial charge >= 0.3 is 0 Å². The highest BCUT2D eigenvalue weighted by Crippen LogP contribution is 2.26. The molecule has 0 aliphatic heterocycles. The smallest absolute Gasteiger partial charge is 0.111 e. The van der Waals surface area contributed by atoms with E-state index in [9.17, 15) is 15.3 Å². The van der Waals surface area contributed by atoms with Crippen LogP contribution in [0.3, 0.4) is 0 Å². The van der Waals surface area contributed by atoms with Crippen molar-refractivity contribution in [2.24, 2.45) is 11.7 Å². The molecule has 0 heterocycles. The number of rotatable bonds is 2. The van der Waals surface area contributed by atoms with E-state index in [2.05, 4.69) is 0 Å². The number of methoxy groups -OCH3 is 1. The Kier molecular flexibility index (Phi) is 3.82. The second-order valence-electron chi connectivity index (χ2n) is 3.60. The van der Waals surface area contributed by atoms with Gasteiger partial charge in [0, 0.05) is 13.0 Å². The van der Waals surface area contributed by atoms with Gasteiger partial charge in [0.05, 0.1) is 24.9 Å². The van der Waals surface area contributed by atoms with E-state index in [-0.39, 0.29) is 0 Å². The third-order valence-corrected chi connectivity index (χ3v) is 2.82. The zero-order valence-corrected chi connectivity index (χ0v) is 7.95. The monoisotopic (exact) mass is 207 g/mol. The van der Waals surface area contributed by atoms with Gasteiger partial charge in [-0.3, -0.25) is 0 Å². The predicted molar refractivity (Wildman–Crippen MR) is 47.4 cm³/mol. The summed E-state index contributed by atoms with van der Waals surface area (Å²) in [5.41, 5.74) is 5.51. The Labute approximate surface area is 81.9 Å². The summed E-state index contributed by atoms with van der Waals surface area (Å²) in [4.78, 5) is 0. The highest BCUT2D eigenvalue weighted by Gasteiger charge is 2.47. The molecule has 0 aromatic heterocycles. The van der Waals surface area contributed by atoms with E-state index in [0.29, 0.717) is 0 Å². The molecule has 0 radical (unpaired) electrons. The van der Waals surface area contributed by atoms with Gasteiger partial charge in [0.2, 0.25) is 0 Å². The number of aliphatic hydroxyl groups is 4. The Morgan fingerprint density at radius 3 is 2.14 bits per heavy atom. The highest BCUT2D eigenvalue weighted by atomic mass is 16.5. The predicted octanol–water partition coefficient (Wildman–Crippen LogP) is -2.97. The van der Waals surface area contributed by atoms with Crippen LogP contribution in [0.2, 0.25) is 0 Å². The summed E-state index contributed by atoms with van der Waals surface area (Å²) in [5.74, 6) is -0.779. The van der Waals surface area contributed by atoms with Crippen LogP contribution in [0.4, 0.5) is 0 Å². The summed E-state index contributed by atoms with van der Waals surface area (Å²) >= 11 is 0. The normalized spacial score (nSPS) is 49.3. The molecule has 1 saturated carbocycles. The van der Waals surface area contributed by atoms with Crippen molar-refractivity contribution in [3.63, 3.8) is 0 Å². The third kappa shape index (κ3) is 1.77. The van der Waals surface area contributed by atoms with Crippen LogP contribution < -0.4 is 5.73 Å². The number of hydrogen-bond donors (Lipinski definition) is 5. The van der Waals surface area contributed by atoms with Gasteiger partial charge in [-0.2, -0.15) is 0 Å². The van der Waals surface area contributed by atoms with Crippen molar-refractivity contribution in [1.29, 1.82) is 0 Å². The summed E-state index contributed by atoms with van der Waals surface area (Å²) in [6.45, 7) is -0.400. The molecular formula is C8H17NO5. The topological polar surface area (TPSA) is 116 Å². The fraction of sp³-hybridized carbons (Fsp3) is 1.00. The van der Waals surface area contributed by atoms with Gasteiger partial charge in [0.1, 0.15) is 12.2 Å². The van der Waals surface area contributed by atoms with E-state index in [4.69, 9.17) is 15.6 Å². The summed E-state index contributed by atoms with van der Waals surface area (Å²) in [7, 11) is 1.33. The largest absolute Gasteiger partial charge is 0.396 e. The Morgan fingerprint density at radius 1 is 1.14 bits per heavy atom. The van der Waals surface area contributed by atoms with Crippen molar-refractivity contribution in [2.75, 3.05) is 13.7 Å². The van der Waals surface area contributed by atoms with Gasteiger partial charge in [-0.25, -0.2) is 0 Å². The number of ether oxygens (including phenoxy) is 1. The molecule has 1 aliphatic rings. The Hall–Kier alpha value is -0.240. The maximum atomic E-state index is 9.63. The van der Waals surface area contributed by atoms with Gasteiger partial charge in [-0.15, -0.1) is 0 Å². The molecule has 6 heteroatoms. The summed E-state index contributed by atoms with van der Waals surface area (Å²) < 4.78 is 4.86. The van der Waals surface area contributed by atoms with Crippen LogP contribution in [-0.2, 0) is 4.74 Å². The summed E-state index contributed by atoms with van der Waals surface area (Å²) in [6, 6.07) is -0.916. The maximum Gasteiger partial charge on any atom is 0.111 e. The molecule has 1 fully saturated rings. The van der Waals surface area contributed by atoms with Crippen LogP contribution in [0.15, 0.2) is 0 Å². The lowest BCUT2D eigenvalue weighted by Crippen LogP contribution is -2.65. The number of nitrogens with two attached hydrogens (primary N) is 1. The van der Waals surface area contributed by atoms with Crippen LogP contribution in [0.5, 0.6) is 0 Å². The SMILES string of the molecule is CO[C@@H]1C(O)[C@H](N)C(O)C(CO)[C@H]1O. The molecular weight excluding hydrogens is 190 g/mol. The van der Waals surface area contributed by atoms with Crippen molar-refractivity contribution in [3.8, 4) is 0 Å². The van der Waals surface area contributed by atoms with E-state index in [1.807, 2.05) is 0 Å². The van der Waals surface area contributed by atoms with Crippen LogP contribution in [0, 0.1) is 5.92 Å². The van der Waals surface area contributed by atoms with Gasteiger partial charge in [-0.05, 0) is 0 Å². The molecule has 0 aromatic carbocycles. The van der Waals surface area contributed by atoms with E-state index in [1.165, 1.54) is 7.11 Å². The Balaban J connectivity index is 2.82. The standard InChI is InChI=1S/C8H17NO5/c1-14-8-6(12)3(2-10)5(11)4(9)7(8)13/h3-8,10-13H,2,9H2,1H3/t3?,4-,5?,6-,7?,8+/m1/s1. The van der Waals surface area contributed by atoms with Crippen LogP contribution in [0.1, 0.15) is 0 Å². The van der Waals surface area contributed by atoms with E-state index < -0.39 is 43.0 Å². The van der Waals surface area contributed by atoms with Crippen molar-refractivity contribution in [1.82, 2.24) is 0 Å². The molecule has 6 N–H and O–H groups in total. The summed E-state index contributed by atoms with van der Waals surface area (Å²) in [6.07, 6.45) is -4.25. The molecule has 14 heavy (non-hydrogen) atoms. The molecule has 3 unspecified atom stereocenters. The molecule has 6 nitrogen and oxygen atoms in total. The van der Waals surface area contributed by atoms with Gasteiger partial charge in [-0.1, -0.05) is 0 Å². The Bertz CT molecular complexity index is 173. The second-order valence-corrected chi connectivity index (χ2v) is 3.60. The van der Waals surface area contributed by atoms with Crippen LogP contribution >= 0.6 is 0 Å². The highest BCUT2D eigenvalue weighted by molar-refractivity contribution is 5.00. The Morgan fingerprint density at radius 2 is 1.71 bits per heavy atom.